The van der Waals surface area contributed by atoms with Gasteiger partial charge in [-0.15, -0.1) is 0 Å². The smallest absolute Gasteiger partial charge is 0.339 e. The summed E-state index contributed by atoms with van der Waals surface area (Å²) in [5.41, 5.74) is 6.30. The quantitative estimate of drug-likeness (QED) is 0.236. The van der Waals surface area contributed by atoms with Crippen LogP contribution in [0.3, 0.4) is 0 Å². The maximum absolute atomic E-state index is 11.4. The largest absolute Gasteiger partial charge is 0.465 e. The van der Waals surface area contributed by atoms with Crippen molar-refractivity contribution in [2.24, 2.45) is 11.8 Å². The molecule has 1 heterocycles. The number of pyridine rings is 1. The predicted octanol–water partition coefficient (Wildman–Crippen LogP) is 0.518. The summed E-state index contributed by atoms with van der Waals surface area (Å²) in [4.78, 5) is 15.3. The van der Waals surface area contributed by atoms with Crippen molar-refractivity contribution < 1.29 is 9.53 Å². The van der Waals surface area contributed by atoms with Crippen LogP contribution in [0.4, 0.5) is 11.5 Å². The molecule has 1 aromatic rings. The topological polar surface area (TPSA) is 118 Å². The van der Waals surface area contributed by atoms with E-state index in [9.17, 15) is 4.79 Å². The molecular formula is C11H15N5O2. The third kappa shape index (κ3) is 2.25. The van der Waals surface area contributed by atoms with Gasteiger partial charge in [0.15, 0.2) is 0 Å². The molecule has 0 amide bonds. The Kier molecular flexibility index (Phi) is 3.15. The predicted molar refractivity (Wildman–Crippen MR) is 67.1 cm³/mol. The van der Waals surface area contributed by atoms with E-state index in [0.717, 1.165) is 12.8 Å². The number of carbonyl (C=O) groups excluding carboxylic acids is 1. The summed E-state index contributed by atoms with van der Waals surface area (Å²) in [6.45, 7) is 0. The van der Waals surface area contributed by atoms with Crippen LogP contribution in [-0.2, 0) is 4.74 Å². The maximum Gasteiger partial charge on any atom is 0.339 e. The minimum absolute atomic E-state index is 0.176. The van der Waals surface area contributed by atoms with Crippen LogP contribution in [0.5, 0.6) is 0 Å². The SMILES string of the molecule is COC(=O)c1cnc(N)c(N(N)C(=N)C2CC2)c1. The molecule has 0 radical (unpaired) electrons. The van der Waals surface area contributed by atoms with Crippen LogP contribution in [0.1, 0.15) is 23.2 Å². The Morgan fingerprint density at radius 3 is 2.83 bits per heavy atom. The standard InChI is InChI=1S/C11H15N5O2/c1-18-11(17)7-4-8(9(12)15-5-7)16(14)10(13)6-2-3-6/h4-6,13H,2-3,14H2,1H3,(H2,12,15). The minimum atomic E-state index is -0.518. The number of nitrogen functional groups attached to an aromatic ring is 1. The molecule has 2 rings (SSSR count). The molecule has 1 aliphatic rings. The summed E-state index contributed by atoms with van der Waals surface area (Å²) in [6, 6.07) is 1.48. The molecule has 1 fully saturated rings. The average Bonchev–Trinajstić information content (AvgIpc) is 3.21. The molecule has 1 saturated carbocycles. The normalized spacial score (nSPS) is 14.1. The van der Waals surface area contributed by atoms with Crippen LogP contribution >= 0.6 is 0 Å². The zero-order valence-electron chi connectivity index (χ0n) is 10.0. The van der Waals surface area contributed by atoms with Crippen molar-refractivity contribution in [2.75, 3.05) is 17.9 Å². The Balaban J connectivity index is 2.30. The summed E-state index contributed by atoms with van der Waals surface area (Å²) in [7, 11) is 1.28. The number of ether oxygens (including phenoxy) is 1. The van der Waals surface area contributed by atoms with Gasteiger partial charge in [-0.25, -0.2) is 15.6 Å². The summed E-state index contributed by atoms with van der Waals surface area (Å²) < 4.78 is 4.60. The Bertz CT molecular complexity index is 498. The lowest BCUT2D eigenvalue weighted by molar-refractivity contribution is 0.0600. The van der Waals surface area contributed by atoms with E-state index in [-0.39, 0.29) is 23.1 Å². The fraction of sp³-hybridized carbons (Fsp3) is 0.364. The molecule has 0 unspecified atom stereocenters. The van der Waals surface area contributed by atoms with Crippen molar-refractivity contribution >= 4 is 23.3 Å². The fourth-order valence-corrected chi connectivity index (χ4v) is 1.57. The molecule has 5 N–H and O–H groups in total. The lowest BCUT2D eigenvalue weighted by Crippen LogP contribution is -2.39. The molecule has 1 aromatic heterocycles. The van der Waals surface area contributed by atoms with Gasteiger partial charge in [0, 0.05) is 12.1 Å². The highest BCUT2D eigenvalue weighted by atomic mass is 16.5. The number of nitrogens with one attached hydrogen (secondary N) is 1. The first-order valence-electron chi connectivity index (χ1n) is 5.51. The fourth-order valence-electron chi connectivity index (χ4n) is 1.57. The van der Waals surface area contributed by atoms with E-state index in [4.69, 9.17) is 17.0 Å². The number of hydrazine groups is 1. The van der Waals surface area contributed by atoms with Crippen molar-refractivity contribution in [3.8, 4) is 0 Å². The zero-order valence-corrected chi connectivity index (χ0v) is 10.0. The highest BCUT2D eigenvalue weighted by molar-refractivity contribution is 6.00. The first kappa shape index (κ1) is 12.3. The molecule has 0 aliphatic heterocycles. The van der Waals surface area contributed by atoms with Gasteiger partial charge in [-0.1, -0.05) is 0 Å². The van der Waals surface area contributed by atoms with E-state index in [0.29, 0.717) is 5.69 Å². The molecule has 18 heavy (non-hydrogen) atoms. The number of hydrogen-bond acceptors (Lipinski definition) is 6. The second-order valence-electron chi connectivity index (χ2n) is 4.15. The second kappa shape index (κ2) is 4.61. The van der Waals surface area contributed by atoms with E-state index in [1.54, 1.807) is 0 Å². The number of carbonyl (C=O) groups is 1. The molecule has 7 heteroatoms. The lowest BCUT2D eigenvalue weighted by atomic mass is 10.2. The molecule has 0 aromatic carbocycles. The molecule has 0 atom stereocenters. The van der Waals surface area contributed by atoms with E-state index >= 15 is 0 Å². The molecule has 0 bridgehead atoms. The number of nitrogens with two attached hydrogens (primary N) is 2. The number of nitrogens with zero attached hydrogens (tertiary/aromatic N) is 2. The molecule has 96 valence electrons. The average molecular weight is 249 g/mol. The summed E-state index contributed by atoms with van der Waals surface area (Å²) >= 11 is 0. The van der Waals surface area contributed by atoms with Gasteiger partial charge in [0.1, 0.15) is 17.3 Å². The Hall–Kier alpha value is -2.15. The van der Waals surface area contributed by atoms with Crippen LogP contribution in [-0.4, -0.2) is 23.9 Å². The van der Waals surface area contributed by atoms with Gasteiger partial charge in [-0.3, -0.25) is 10.4 Å². The Morgan fingerprint density at radius 1 is 1.61 bits per heavy atom. The molecular weight excluding hydrogens is 234 g/mol. The third-order valence-corrected chi connectivity index (χ3v) is 2.80. The minimum Gasteiger partial charge on any atom is -0.465 e. The van der Waals surface area contributed by atoms with Gasteiger partial charge in [0.2, 0.25) is 0 Å². The number of amidine groups is 1. The highest BCUT2D eigenvalue weighted by Gasteiger charge is 2.30. The molecule has 0 saturated heterocycles. The number of aromatic nitrogens is 1. The summed E-state index contributed by atoms with van der Waals surface area (Å²) in [5, 5.41) is 9.04. The van der Waals surface area contributed by atoms with Crippen LogP contribution in [0, 0.1) is 11.3 Å². The molecule has 0 spiro atoms. The number of esters is 1. The van der Waals surface area contributed by atoms with Gasteiger partial charge in [-0.05, 0) is 18.9 Å². The monoisotopic (exact) mass is 249 g/mol. The number of hydrogen-bond donors (Lipinski definition) is 3. The number of anilines is 2. The first-order chi connectivity index (χ1) is 8.54. The number of methoxy groups -OCH3 is 1. The van der Waals surface area contributed by atoms with Crippen molar-refractivity contribution in [3.05, 3.63) is 17.8 Å². The van der Waals surface area contributed by atoms with E-state index in [2.05, 4.69) is 9.72 Å². The summed E-state index contributed by atoms with van der Waals surface area (Å²) in [6.07, 6.45) is 3.23. The van der Waals surface area contributed by atoms with Crippen LogP contribution in [0.25, 0.3) is 0 Å². The van der Waals surface area contributed by atoms with Crippen molar-refractivity contribution in [2.45, 2.75) is 12.8 Å². The van der Waals surface area contributed by atoms with E-state index < -0.39 is 5.97 Å². The highest BCUT2D eigenvalue weighted by Crippen LogP contribution is 2.33. The Labute approximate surface area is 104 Å². The lowest BCUT2D eigenvalue weighted by Gasteiger charge is -2.20. The van der Waals surface area contributed by atoms with Crippen LogP contribution in [0.15, 0.2) is 12.3 Å². The third-order valence-electron chi connectivity index (χ3n) is 2.80. The molecule has 7 nitrogen and oxygen atoms in total. The Morgan fingerprint density at radius 2 is 2.28 bits per heavy atom. The van der Waals surface area contributed by atoms with Crippen molar-refractivity contribution in [1.82, 2.24) is 4.98 Å². The van der Waals surface area contributed by atoms with Gasteiger partial charge < -0.3 is 10.5 Å². The first-order valence-corrected chi connectivity index (χ1v) is 5.51. The maximum atomic E-state index is 11.4. The van der Waals surface area contributed by atoms with E-state index in [1.165, 1.54) is 24.4 Å². The summed E-state index contributed by atoms with van der Waals surface area (Å²) in [5.74, 6) is 5.95. The van der Waals surface area contributed by atoms with E-state index in [1.807, 2.05) is 0 Å². The zero-order chi connectivity index (χ0) is 13.3. The second-order valence-corrected chi connectivity index (χ2v) is 4.15. The van der Waals surface area contributed by atoms with Gasteiger partial charge >= 0.3 is 5.97 Å². The van der Waals surface area contributed by atoms with Crippen molar-refractivity contribution in [3.63, 3.8) is 0 Å². The van der Waals surface area contributed by atoms with Crippen molar-refractivity contribution in [1.29, 1.82) is 5.41 Å². The van der Waals surface area contributed by atoms with Crippen LogP contribution < -0.4 is 16.6 Å². The van der Waals surface area contributed by atoms with Gasteiger partial charge in [-0.2, -0.15) is 0 Å². The van der Waals surface area contributed by atoms with Gasteiger partial charge in [0.05, 0.1) is 12.7 Å². The van der Waals surface area contributed by atoms with Gasteiger partial charge in [0.25, 0.3) is 0 Å². The molecule has 1 aliphatic carbocycles. The number of rotatable bonds is 3. The van der Waals surface area contributed by atoms with Crippen LogP contribution in [0.2, 0.25) is 0 Å².